The number of benzene rings is 4. The molecule has 4 aromatic rings. The van der Waals surface area contributed by atoms with E-state index in [1.807, 2.05) is 68.4 Å². The minimum absolute atomic E-state index is 0.0560. The Hall–Kier alpha value is -7.86. The van der Waals surface area contributed by atoms with Crippen LogP contribution in [0.1, 0.15) is 142 Å². The van der Waals surface area contributed by atoms with E-state index in [4.69, 9.17) is 18.9 Å². The minimum atomic E-state index is -4.81. The van der Waals surface area contributed by atoms with E-state index in [0.717, 1.165) is 41.7 Å². The highest BCUT2D eigenvalue weighted by Gasteiger charge is 2.32. The lowest BCUT2D eigenvalue weighted by molar-refractivity contribution is -0.275. The first kappa shape index (κ1) is 70.1. The lowest BCUT2D eigenvalue weighted by atomic mass is 9.90. The average Bonchev–Trinajstić information content (AvgIpc) is 3.42. The molecule has 0 spiro atoms. The summed E-state index contributed by atoms with van der Waals surface area (Å²) < 4.78 is 104. The average molecular weight is 1100 g/mol. The molecule has 0 radical (unpaired) electrons. The number of rotatable bonds is 21. The molecule has 12 nitrogen and oxygen atoms in total. The summed E-state index contributed by atoms with van der Waals surface area (Å²) in [5.74, 6) is 4.30. The maximum absolute atomic E-state index is 12.6. The lowest BCUT2D eigenvalue weighted by Gasteiger charge is -2.25. The first-order chi connectivity index (χ1) is 37.1. The van der Waals surface area contributed by atoms with Gasteiger partial charge < -0.3 is 39.1 Å². The Morgan fingerprint density at radius 2 is 1.09 bits per heavy atom. The van der Waals surface area contributed by atoms with Crippen LogP contribution >= 0.6 is 0 Å². The number of amides is 2. The fraction of sp³-hybridized carbons (Fsp3) is 0.400. The Labute approximate surface area is 456 Å². The van der Waals surface area contributed by atoms with E-state index in [-0.39, 0.29) is 48.9 Å². The third-order valence-electron chi connectivity index (χ3n) is 10.0. The van der Waals surface area contributed by atoms with E-state index in [9.17, 15) is 45.5 Å². The Morgan fingerprint density at radius 3 is 1.53 bits per heavy atom. The molecular formula is C60H74F6N2O10. The second-order valence-electron chi connectivity index (χ2n) is 15.7. The molecule has 2 N–H and O–H groups in total. The SMILES string of the molecule is C=CC(=O)NCc1cc(-c2ccc(OC(F)(F)F)cc2)c(C)c(OC#CC)c1C(CC)OC(=O)CCC.C=CC(=O)NCc1cc(OC#CC)c(C)c(-c2ccc(OC(F)(F)F)cc2)c1.CC.CC.CCCOC(=O)CCC. The highest BCUT2D eigenvalue weighted by molar-refractivity contribution is 5.87. The second-order valence-corrected chi connectivity index (χ2v) is 15.7. The summed E-state index contributed by atoms with van der Waals surface area (Å²) in [5, 5.41) is 5.40. The summed E-state index contributed by atoms with van der Waals surface area (Å²) in [6.07, 6.45) is 0.795. The smallest absolute Gasteiger partial charge is 0.466 e. The number of hydrogen-bond acceptors (Lipinski definition) is 10. The minimum Gasteiger partial charge on any atom is -0.466 e. The molecular weight excluding hydrogens is 1020 g/mol. The molecule has 0 aliphatic heterocycles. The fourth-order valence-electron chi connectivity index (χ4n) is 6.67. The van der Waals surface area contributed by atoms with Gasteiger partial charge in [-0.2, -0.15) is 0 Å². The van der Waals surface area contributed by atoms with Crippen LogP contribution in [0.3, 0.4) is 0 Å². The number of halogens is 6. The zero-order chi connectivity index (χ0) is 59.4. The first-order valence-corrected chi connectivity index (χ1v) is 25.4. The predicted molar refractivity (Wildman–Crippen MR) is 292 cm³/mol. The molecule has 0 fully saturated rings. The summed E-state index contributed by atoms with van der Waals surface area (Å²) in [7, 11) is 0. The topological polar surface area (TPSA) is 148 Å². The van der Waals surface area contributed by atoms with Crippen LogP contribution in [0.15, 0.2) is 92.0 Å². The van der Waals surface area contributed by atoms with Crippen molar-refractivity contribution in [3.05, 3.63) is 120 Å². The van der Waals surface area contributed by atoms with E-state index in [1.165, 1.54) is 48.5 Å². The Morgan fingerprint density at radius 1 is 0.628 bits per heavy atom. The molecule has 0 saturated carbocycles. The van der Waals surface area contributed by atoms with Gasteiger partial charge in [-0.15, -0.1) is 26.3 Å². The molecule has 426 valence electrons. The van der Waals surface area contributed by atoms with Crippen molar-refractivity contribution in [2.24, 2.45) is 0 Å². The Kier molecular flexibility index (Phi) is 34.0. The zero-order valence-electron chi connectivity index (χ0n) is 46.7. The number of carbonyl (C=O) groups excluding carboxylic acids is 4. The molecule has 18 heteroatoms. The van der Waals surface area contributed by atoms with Crippen molar-refractivity contribution in [2.45, 2.75) is 154 Å². The van der Waals surface area contributed by atoms with E-state index in [2.05, 4.69) is 57.3 Å². The van der Waals surface area contributed by atoms with Gasteiger partial charge in [-0.1, -0.05) is 105 Å². The fourth-order valence-corrected chi connectivity index (χ4v) is 6.67. The van der Waals surface area contributed by atoms with Gasteiger partial charge in [0.25, 0.3) is 0 Å². The Balaban J connectivity index is 0.00000127. The van der Waals surface area contributed by atoms with Gasteiger partial charge in [0.2, 0.25) is 11.8 Å². The molecule has 0 aromatic heterocycles. The van der Waals surface area contributed by atoms with Gasteiger partial charge in [0.1, 0.15) is 35.6 Å². The quantitative estimate of drug-likeness (QED) is 0.0358. The van der Waals surface area contributed by atoms with Crippen LogP contribution in [0.4, 0.5) is 26.3 Å². The summed E-state index contributed by atoms with van der Waals surface area (Å²) in [6, 6.07) is 16.3. The van der Waals surface area contributed by atoms with E-state index in [0.29, 0.717) is 70.7 Å². The normalized spacial score (nSPS) is 10.4. The number of nitrogens with one attached hydrogen (secondary N) is 2. The largest absolute Gasteiger partial charge is 0.573 e. The van der Waals surface area contributed by atoms with Crippen molar-refractivity contribution in [1.82, 2.24) is 10.6 Å². The van der Waals surface area contributed by atoms with Gasteiger partial charge in [-0.3, -0.25) is 19.2 Å². The van der Waals surface area contributed by atoms with E-state index in [1.54, 1.807) is 32.9 Å². The molecule has 4 rings (SSSR count). The van der Waals surface area contributed by atoms with Crippen molar-refractivity contribution in [1.29, 1.82) is 0 Å². The maximum atomic E-state index is 12.6. The summed E-state index contributed by atoms with van der Waals surface area (Å²) in [6.45, 7) is 30.2. The molecule has 1 atom stereocenters. The van der Waals surface area contributed by atoms with Gasteiger partial charge in [0.05, 0.1) is 6.61 Å². The number of hydrogen-bond donors (Lipinski definition) is 2. The molecule has 0 aliphatic carbocycles. The molecule has 78 heavy (non-hydrogen) atoms. The molecule has 0 aliphatic rings. The number of carbonyl (C=O) groups is 4. The molecule has 0 bridgehead atoms. The van der Waals surface area contributed by atoms with Crippen molar-refractivity contribution < 1.29 is 73.9 Å². The van der Waals surface area contributed by atoms with Gasteiger partial charge in [-0.05, 0) is 128 Å². The van der Waals surface area contributed by atoms with Crippen LogP contribution in [-0.4, -0.2) is 43.1 Å². The van der Waals surface area contributed by atoms with Gasteiger partial charge in [0, 0.05) is 56.5 Å². The molecule has 0 saturated heterocycles. The molecule has 2 amide bonds. The monoisotopic (exact) mass is 1100 g/mol. The van der Waals surface area contributed by atoms with Gasteiger partial charge in [-0.25, -0.2) is 0 Å². The van der Waals surface area contributed by atoms with Crippen molar-refractivity contribution in [3.63, 3.8) is 0 Å². The van der Waals surface area contributed by atoms with E-state index < -0.39 is 24.7 Å². The number of esters is 2. The maximum Gasteiger partial charge on any atom is 0.573 e. The lowest BCUT2D eigenvalue weighted by Crippen LogP contribution is -2.23. The van der Waals surface area contributed by atoms with Crippen LogP contribution < -0.4 is 29.6 Å². The van der Waals surface area contributed by atoms with E-state index >= 15 is 0 Å². The zero-order valence-corrected chi connectivity index (χ0v) is 46.7. The number of ether oxygens (including phenoxy) is 6. The predicted octanol–water partition coefficient (Wildman–Crippen LogP) is 15.0. The summed E-state index contributed by atoms with van der Waals surface area (Å²) in [5.41, 5.74) is 5.88. The third-order valence-corrected chi connectivity index (χ3v) is 10.0. The van der Waals surface area contributed by atoms with Crippen molar-refractivity contribution in [3.8, 4) is 69.3 Å². The van der Waals surface area contributed by atoms with Crippen LogP contribution in [-0.2, 0) is 41.7 Å². The number of alkyl halides is 6. The Bertz CT molecular complexity index is 2640. The summed E-state index contributed by atoms with van der Waals surface area (Å²) in [4.78, 5) is 46.3. The van der Waals surface area contributed by atoms with Crippen molar-refractivity contribution >= 4 is 23.8 Å². The van der Waals surface area contributed by atoms with Gasteiger partial charge >= 0.3 is 24.7 Å². The van der Waals surface area contributed by atoms with Crippen LogP contribution in [0.25, 0.3) is 22.3 Å². The first-order valence-electron chi connectivity index (χ1n) is 25.4. The molecule has 1 unspecified atom stereocenters. The highest BCUT2D eigenvalue weighted by Crippen LogP contribution is 2.42. The molecule has 0 heterocycles. The van der Waals surface area contributed by atoms with Gasteiger partial charge in [0.15, 0.2) is 5.75 Å². The van der Waals surface area contributed by atoms with Crippen molar-refractivity contribution in [2.75, 3.05) is 6.61 Å². The summed E-state index contributed by atoms with van der Waals surface area (Å²) >= 11 is 0. The highest BCUT2D eigenvalue weighted by atomic mass is 19.4. The van der Waals surface area contributed by atoms with Crippen LogP contribution in [0, 0.1) is 37.9 Å². The third kappa shape index (κ3) is 26.3. The standard InChI is InChI=1S/C28H30F3NO5.C21H18F3NO3.C7H14O2.2C2H6/c1-6-10-25(34)36-23(8-3)26-20(17-32-24(33)9-4)16-22(18(5)27(26)35-15-7-2)19-11-13-21(14-12-19)37-28(29,30)31;1-4-10-27-19-12-15(13-25-20(26)5-2)11-18(14(19)3)16-6-8-17(9-7-16)28-21(22,23)24;1-3-5-7(8)9-6-4-2;2*1-2/h9,11-14,16,23H,4,6,8,10,17H2,1-3,5H3,(H,32,33);5-9,11-12H,2,13H2,1,3H3,(H,25,26);3-6H2,1-2H3;2*1-2H3. The second kappa shape index (κ2) is 37.8. The molecule has 4 aromatic carbocycles. The van der Waals surface area contributed by atoms with Crippen LogP contribution in [0.5, 0.6) is 23.0 Å². The van der Waals surface area contributed by atoms with Crippen LogP contribution in [0.2, 0.25) is 0 Å².